The first-order valence-electron chi connectivity index (χ1n) is 4.45. The molecule has 0 aromatic rings. The third-order valence-corrected chi connectivity index (χ3v) is 1.29. The van der Waals surface area contributed by atoms with E-state index in [0.717, 1.165) is 0 Å². The van der Waals surface area contributed by atoms with Gasteiger partial charge in [0, 0.05) is 12.8 Å². The van der Waals surface area contributed by atoms with Crippen molar-refractivity contribution in [3.05, 3.63) is 39.2 Å². The van der Waals surface area contributed by atoms with Gasteiger partial charge in [0.2, 0.25) is 0 Å². The van der Waals surface area contributed by atoms with Gasteiger partial charge in [-0.1, -0.05) is 6.47 Å². The van der Waals surface area contributed by atoms with E-state index in [9.17, 15) is 9.59 Å². The minimum Gasteiger partial charge on any atom is 2.00 e. The molecule has 1 N–H and O–H groups in total. The Hall–Kier alpha value is -1.16. The smallest absolute Gasteiger partial charge is 2.00 e. The molecule has 0 aliphatic rings. The van der Waals surface area contributed by atoms with Gasteiger partial charge >= 0.3 is 51.0 Å². The summed E-state index contributed by atoms with van der Waals surface area (Å²) in [4.78, 5) is 20.5. The Morgan fingerprint density at radius 2 is 1.60 bits per heavy atom. The molecule has 3 radical (unpaired) electrons. The summed E-state index contributed by atoms with van der Waals surface area (Å²) in [7, 11) is 0. The predicted octanol–water partition coefficient (Wildman–Crippen LogP) is -0.0936. The fraction of sp³-hybridized carbons (Fsp3) is 0.333. The Morgan fingerprint density at radius 1 is 1.20 bits per heavy atom. The molecule has 0 saturated heterocycles. The molecule has 0 aromatic carbocycles. The summed E-state index contributed by atoms with van der Waals surface area (Å²) in [5, 5.41) is 8.78. The van der Waals surface area contributed by atoms with Crippen LogP contribution in [-0.4, -0.2) is 29.6 Å². The molecule has 0 amide bonds. The maximum absolute atomic E-state index is 10.8. The van der Waals surface area contributed by atoms with Crippen LogP contribution in [0.5, 0.6) is 0 Å². The van der Waals surface area contributed by atoms with Crippen molar-refractivity contribution in [1.82, 2.24) is 0 Å². The van der Waals surface area contributed by atoms with E-state index in [-0.39, 0.29) is 17.1 Å². The number of hydrogen-bond donors (Lipinski definition) is 1. The van der Waals surface area contributed by atoms with Crippen LogP contribution < -0.4 is 0 Å². The second-order valence-electron chi connectivity index (χ2n) is 2.54. The molecule has 0 heterocycles. The van der Waals surface area contributed by atoms with Crippen molar-refractivity contribution in [2.75, 3.05) is 0 Å². The molecule has 0 aliphatic heterocycles. The monoisotopic (exact) mass is 324 g/mol. The Balaban J connectivity index is -0.0000000940. The summed E-state index contributed by atoms with van der Waals surface area (Å²) in [6, 6.07) is 0. The van der Waals surface area contributed by atoms with Crippen LogP contribution in [0.4, 0.5) is 0 Å². The average molecular weight is 324 g/mol. The molecule has 0 fully saturated rings. The molecule has 20 heavy (non-hydrogen) atoms. The standard InChI is InChI=1S/C9H12O4.3CO.Fe/c1-7(13-6-10)4-3-5-9(12)8(2)11;3*1-2;/h3-5,7-8,11H,1-2H3;;;;/q-1;;;;+2/t7-,8-;;;;/m1..../s1. The number of rotatable bonds is 7. The maximum atomic E-state index is 10.8. The quantitative estimate of drug-likeness (QED) is 0.399. The maximum Gasteiger partial charge on any atom is 2.00 e. The normalized spacial score (nSPS) is 9.85. The number of carbonyl (C=O) groups excluding carboxylic acids is 2. The Morgan fingerprint density at radius 3 is 1.90 bits per heavy atom. The number of ketones is 1. The molecule has 0 aromatic heterocycles. The van der Waals surface area contributed by atoms with Crippen LogP contribution in [0.2, 0.25) is 0 Å². The zero-order chi connectivity index (χ0) is 16.3. The molecule has 0 bridgehead atoms. The van der Waals surface area contributed by atoms with Gasteiger partial charge in [-0.05, 0) is 20.3 Å². The van der Waals surface area contributed by atoms with E-state index in [2.05, 4.69) is 24.7 Å². The molecule has 0 saturated carbocycles. The second-order valence-corrected chi connectivity index (χ2v) is 2.54. The topological polar surface area (TPSA) is 123 Å². The van der Waals surface area contributed by atoms with Gasteiger partial charge in [-0.25, -0.2) is 0 Å². The first-order valence-corrected chi connectivity index (χ1v) is 4.45. The fourth-order valence-corrected chi connectivity index (χ4v) is 0.561. The minimum absolute atomic E-state index is 0. The molecule has 7 nitrogen and oxygen atoms in total. The summed E-state index contributed by atoms with van der Waals surface area (Å²) >= 11 is 0. The van der Waals surface area contributed by atoms with Gasteiger partial charge in [0.1, 0.15) is 6.10 Å². The largest absolute Gasteiger partial charge is 2.00 e. The number of Topliss-reactive ketones (excluding diaryl/α,β-unsaturated/α-hetero) is 1. The summed E-state index contributed by atoms with van der Waals surface area (Å²) < 4.78 is 26.9. The zero-order valence-corrected chi connectivity index (χ0v) is 11.7. The van der Waals surface area contributed by atoms with Crippen molar-refractivity contribution in [1.29, 1.82) is 0 Å². The first-order chi connectivity index (χ1) is 9.07. The van der Waals surface area contributed by atoms with E-state index in [1.807, 2.05) is 0 Å². The van der Waals surface area contributed by atoms with E-state index in [4.69, 9.17) is 19.1 Å². The molecular formula is C12H12FeO7+. The van der Waals surface area contributed by atoms with Crippen LogP contribution in [0, 0.1) is 39.2 Å². The third kappa shape index (κ3) is 30.1. The molecule has 0 rings (SSSR count). The van der Waals surface area contributed by atoms with Crippen molar-refractivity contribution >= 4 is 12.3 Å². The SMILES string of the molecule is C[C@H]([CH][CH][CH]C(=O)[C@@H](C)O)O[C-]=O.[C-]#[O+].[C-]#[O+].[C-]#[O+].[Fe+2]. The second kappa shape index (κ2) is 30.7. The molecule has 8 heteroatoms. The van der Waals surface area contributed by atoms with Crippen LogP contribution in [0.1, 0.15) is 13.8 Å². The summed E-state index contributed by atoms with van der Waals surface area (Å²) in [6.07, 6.45) is 2.73. The van der Waals surface area contributed by atoms with E-state index in [1.54, 1.807) is 6.92 Å². The molecule has 0 spiro atoms. The van der Waals surface area contributed by atoms with E-state index in [1.165, 1.54) is 32.7 Å². The number of aliphatic hydroxyl groups is 1. The van der Waals surface area contributed by atoms with Gasteiger partial charge in [-0.2, -0.15) is 0 Å². The fourth-order valence-electron chi connectivity index (χ4n) is 0.561. The summed E-state index contributed by atoms with van der Waals surface area (Å²) in [5.41, 5.74) is 0. The zero-order valence-electron chi connectivity index (χ0n) is 10.6. The number of carbonyl (C=O) groups is 1. The van der Waals surface area contributed by atoms with Crippen LogP contribution in [0.15, 0.2) is 0 Å². The van der Waals surface area contributed by atoms with Crippen LogP contribution in [-0.2, 0) is 45.4 Å². The van der Waals surface area contributed by atoms with Gasteiger partial charge in [-0.15, -0.1) is 0 Å². The number of aliphatic hydroxyl groups excluding tert-OH is 1. The summed E-state index contributed by atoms with van der Waals surface area (Å²) in [6.45, 7) is 17.8. The van der Waals surface area contributed by atoms with Crippen molar-refractivity contribution < 1.29 is 50.5 Å². The van der Waals surface area contributed by atoms with E-state index >= 15 is 0 Å². The van der Waals surface area contributed by atoms with Gasteiger partial charge < -0.3 is 14.6 Å². The van der Waals surface area contributed by atoms with Gasteiger partial charge in [0.15, 0.2) is 5.78 Å². The average Bonchev–Trinajstić information content (AvgIpc) is 2.45. The van der Waals surface area contributed by atoms with Crippen molar-refractivity contribution in [3.8, 4) is 0 Å². The van der Waals surface area contributed by atoms with Crippen molar-refractivity contribution in [2.24, 2.45) is 0 Å². The third-order valence-electron chi connectivity index (χ3n) is 1.29. The molecule has 2 atom stereocenters. The first kappa shape index (κ1) is 31.3. The Kier molecular flexibility index (Phi) is 48.0. The number of ether oxygens (including phenoxy) is 1. The predicted molar refractivity (Wildman–Crippen MR) is 57.6 cm³/mol. The minimum atomic E-state index is -1.00. The Labute approximate surface area is 128 Å². The van der Waals surface area contributed by atoms with E-state index < -0.39 is 18.0 Å². The van der Waals surface area contributed by atoms with Crippen molar-refractivity contribution in [2.45, 2.75) is 26.1 Å². The van der Waals surface area contributed by atoms with Crippen LogP contribution in [0.25, 0.3) is 0 Å². The van der Waals surface area contributed by atoms with Gasteiger partial charge in [-0.3, -0.25) is 4.79 Å². The molecular weight excluding hydrogens is 312 g/mol. The van der Waals surface area contributed by atoms with E-state index in [0.29, 0.717) is 0 Å². The Bertz CT molecular complexity index is 256. The molecule has 109 valence electrons. The van der Waals surface area contributed by atoms with Gasteiger partial charge in [0.25, 0.3) is 0 Å². The number of hydrogen-bond acceptors (Lipinski definition) is 4. The van der Waals surface area contributed by atoms with Gasteiger partial charge in [0.05, 0.1) is 6.10 Å². The van der Waals surface area contributed by atoms with Crippen LogP contribution >= 0.6 is 0 Å². The van der Waals surface area contributed by atoms with Crippen molar-refractivity contribution in [3.63, 3.8) is 0 Å². The summed E-state index contributed by atoms with van der Waals surface area (Å²) in [5.74, 6) is -0.390. The molecule has 0 unspecified atom stereocenters. The molecule has 0 aliphatic carbocycles. The van der Waals surface area contributed by atoms with Crippen LogP contribution in [0.3, 0.4) is 0 Å².